The van der Waals surface area contributed by atoms with Crippen molar-refractivity contribution in [1.29, 1.82) is 0 Å². The first kappa shape index (κ1) is 24.1. The molecule has 0 unspecified atom stereocenters. The smallest absolute Gasteiger partial charge is 0.424 e. The zero-order chi connectivity index (χ0) is 26.3. The van der Waals surface area contributed by atoms with Crippen LogP contribution in [0.3, 0.4) is 0 Å². The van der Waals surface area contributed by atoms with E-state index >= 15 is 4.39 Å². The minimum absolute atomic E-state index is 0.0413. The highest BCUT2D eigenvalue weighted by Gasteiger charge is 2.33. The molecule has 2 N–H and O–H groups in total. The van der Waals surface area contributed by atoms with Crippen LogP contribution in [0.1, 0.15) is 18.2 Å². The monoisotopic (exact) mass is 514 g/mol. The molecular weight excluding hydrogens is 496 g/mol. The molecule has 3 aromatic heterocycles. The maximum Gasteiger partial charge on any atom is 0.433 e. The maximum absolute atomic E-state index is 15.3. The molecule has 0 saturated carbocycles. The first-order valence-corrected chi connectivity index (χ1v) is 10.9. The van der Waals surface area contributed by atoms with Crippen molar-refractivity contribution in [2.75, 3.05) is 18.8 Å². The molecule has 1 amide bonds. The number of halogens is 4. The zero-order valence-electron chi connectivity index (χ0n) is 19.0. The summed E-state index contributed by atoms with van der Waals surface area (Å²) in [6, 6.07) is 3.53. The summed E-state index contributed by atoms with van der Waals surface area (Å²) in [5, 5.41) is 4.90. The predicted molar refractivity (Wildman–Crippen MR) is 123 cm³/mol. The van der Waals surface area contributed by atoms with Crippen LogP contribution in [0.4, 0.5) is 23.4 Å². The maximum atomic E-state index is 15.3. The average molecular weight is 514 g/mol. The summed E-state index contributed by atoms with van der Waals surface area (Å²) in [6.45, 7) is 4.36. The number of carbonyl (C=O) groups is 1. The Labute approximate surface area is 206 Å². The van der Waals surface area contributed by atoms with Crippen molar-refractivity contribution in [1.82, 2.24) is 34.6 Å². The van der Waals surface area contributed by atoms with Gasteiger partial charge in [0.1, 0.15) is 29.4 Å². The topological polar surface area (TPSA) is 125 Å². The molecule has 14 heteroatoms. The van der Waals surface area contributed by atoms with Gasteiger partial charge in [0.15, 0.2) is 11.3 Å². The fourth-order valence-electron chi connectivity index (χ4n) is 4.11. The van der Waals surface area contributed by atoms with Gasteiger partial charge in [-0.3, -0.25) is 4.79 Å². The SMILES string of the molecule is C=CC(=O)N1CC[C@@H](n2nc(-c3ccc(Oc4nccc(C(F)(F)F)n4)cc3F)c3c(N)ncnc32)C1. The van der Waals surface area contributed by atoms with Gasteiger partial charge < -0.3 is 15.4 Å². The summed E-state index contributed by atoms with van der Waals surface area (Å²) in [4.78, 5) is 28.9. The van der Waals surface area contributed by atoms with Crippen molar-refractivity contribution in [2.24, 2.45) is 0 Å². The third-order valence-corrected chi connectivity index (χ3v) is 5.84. The van der Waals surface area contributed by atoms with Crippen molar-refractivity contribution in [3.05, 3.63) is 61.0 Å². The molecule has 1 aliphatic heterocycles. The standard InChI is InChI=1S/C23H18F4N8O2/c1-2-17(36)34-8-6-12(10-34)35-21-18(20(28)30-11-31-21)19(33-35)14-4-3-13(9-15(14)24)37-22-29-7-5-16(32-22)23(25,26)27/h2-5,7,9,11-12H,1,6,8,10H2,(H2,28,30,31)/t12-/m1/s1. The molecular formula is C23H18F4N8O2. The van der Waals surface area contributed by atoms with Gasteiger partial charge in [-0.2, -0.15) is 23.3 Å². The number of nitrogens with two attached hydrogens (primary N) is 1. The van der Waals surface area contributed by atoms with Gasteiger partial charge in [-0.25, -0.2) is 24.0 Å². The van der Waals surface area contributed by atoms with Gasteiger partial charge in [-0.1, -0.05) is 6.58 Å². The lowest BCUT2D eigenvalue weighted by Crippen LogP contribution is -2.27. The van der Waals surface area contributed by atoms with E-state index in [-0.39, 0.29) is 34.8 Å². The van der Waals surface area contributed by atoms with Crippen LogP contribution in [0.5, 0.6) is 11.8 Å². The molecule has 5 rings (SSSR count). The second-order valence-electron chi connectivity index (χ2n) is 8.15. The first-order valence-electron chi connectivity index (χ1n) is 10.9. The van der Waals surface area contributed by atoms with E-state index in [1.54, 1.807) is 9.58 Å². The van der Waals surface area contributed by atoms with Gasteiger partial charge in [-0.15, -0.1) is 0 Å². The van der Waals surface area contributed by atoms with Crippen molar-refractivity contribution in [2.45, 2.75) is 18.6 Å². The molecule has 1 aromatic carbocycles. The molecule has 10 nitrogen and oxygen atoms in total. The summed E-state index contributed by atoms with van der Waals surface area (Å²) in [6.07, 6.45) is -0.703. The Hall–Kier alpha value is -4.62. The number of alkyl halides is 3. The van der Waals surface area contributed by atoms with Crippen molar-refractivity contribution in [3.8, 4) is 23.0 Å². The number of hydrogen-bond acceptors (Lipinski definition) is 8. The number of likely N-dealkylation sites (tertiary alicyclic amines) is 1. The average Bonchev–Trinajstić information content (AvgIpc) is 3.49. The summed E-state index contributed by atoms with van der Waals surface area (Å²) in [5.74, 6) is -1.03. The van der Waals surface area contributed by atoms with Crippen molar-refractivity contribution >= 4 is 22.8 Å². The predicted octanol–water partition coefficient (Wildman–Crippen LogP) is 3.78. The largest absolute Gasteiger partial charge is 0.433 e. The molecule has 1 saturated heterocycles. The minimum atomic E-state index is -4.69. The van der Waals surface area contributed by atoms with Crippen LogP contribution in [-0.2, 0) is 11.0 Å². The van der Waals surface area contributed by atoms with Crippen LogP contribution in [-0.4, -0.2) is 53.6 Å². The first-order chi connectivity index (χ1) is 17.7. The summed E-state index contributed by atoms with van der Waals surface area (Å²) >= 11 is 0. The number of carbonyl (C=O) groups excluding carboxylic acids is 1. The fraction of sp³-hybridized carbons (Fsp3) is 0.217. The van der Waals surface area contributed by atoms with E-state index in [4.69, 9.17) is 10.5 Å². The van der Waals surface area contributed by atoms with Gasteiger partial charge in [0.05, 0.1) is 11.4 Å². The molecule has 0 bridgehead atoms. The van der Waals surface area contributed by atoms with Crippen LogP contribution in [0.25, 0.3) is 22.3 Å². The summed E-state index contributed by atoms with van der Waals surface area (Å²) in [7, 11) is 0. The highest BCUT2D eigenvalue weighted by molar-refractivity contribution is 5.98. The molecule has 190 valence electrons. The van der Waals surface area contributed by atoms with Crippen LogP contribution in [0, 0.1) is 5.82 Å². The number of ether oxygens (including phenoxy) is 1. The van der Waals surface area contributed by atoms with Gasteiger partial charge >= 0.3 is 12.2 Å². The second-order valence-corrected chi connectivity index (χ2v) is 8.15. The third kappa shape index (κ3) is 4.52. The van der Waals surface area contributed by atoms with Crippen LogP contribution >= 0.6 is 0 Å². The van der Waals surface area contributed by atoms with E-state index in [0.717, 1.165) is 12.3 Å². The number of fused-ring (bicyclic) bond motifs is 1. The molecule has 1 aliphatic rings. The Balaban J connectivity index is 1.49. The highest BCUT2D eigenvalue weighted by Crippen LogP contribution is 2.36. The number of amides is 1. The Bertz CT molecular complexity index is 1520. The normalized spacial score (nSPS) is 15.8. The Kier molecular flexibility index (Phi) is 5.93. The van der Waals surface area contributed by atoms with E-state index in [1.165, 1.54) is 24.5 Å². The van der Waals surface area contributed by atoms with Crippen LogP contribution in [0.15, 0.2) is 49.4 Å². The fourth-order valence-corrected chi connectivity index (χ4v) is 4.11. The molecule has 0 radical (unpaired) electrons. The molecule has 4 aromatic rings. The summed E-state index contributed by atoms with van der Waals surface area (Å²) < 4.78 is 60.8. The Morgan fingerprint density at radius 1 is 1.22 bits per heavy atom. The number of hydrogen-bond donors (Lipinski definition) is 1. The lowest BCUT2D eigenvalue weighted by molar-refractivity contribution is -0.141. The number of nitrogen functional groups attached to an aromatic ring is 1. The Morgan fingerprint density at radius 2 is 2.03 bits per heavy atom. The van der Waals surface area contributed by atoms with Gasteiger partial charge in [0, 0.05) is 30.9 Å². The number of rotatable bonds is 5. The van der Waals surface area contributed by atoms with Crippen molar-refractivity contribution in [3.63, 3.8) is 0 Å². The van der Waals surface area contributed by atoms with E-state index in [0.29, 0.717) is 36.6 Å². The third-order valence-electron chi connectivity index (χ3n) is 5.84. The summed E-state index contributed by atoms with van der Waals surface area (Å²) in [5.41, 5.74) is 5.49. The lowest BCUT2D eigenvalue weighted by atomic mass is 10.1. The van der Waals surface area contributed by atoms with Gasteiger partial charge in [-0.05, 0) is 30.7 Å². The molecule has 0 spiro atoms. The molecule has 0 aliphatic carbocycles. The highest BCUT2D eigenvalue weighted by atomic mass is 19.4. The van der Waals surface area contributed by atoms with Crippen molar-refractivity contribution < 1.29 is 27.1 Å². The van der Waals surface area contributed by atoms with E-state index < -0.39 is 23.7 Å². The zero-order valence-corrected chi connectivity index (χ0v) is 19.0. The number of anilines is 1. The lowest BCUT2D eigenvalue weighted by Gasteiger charge is -2.14. The van der Waals surface area contributed by atoms with E-state index in [2.05, 4.69) is 31.6 Å². The van der Waals surface area contributed by atoms with Gasteiger partial charge in [0.25, 0.3) is 0 Å². The minimum Gasteiger partial charge on any atom is -0.424 e. The second kappa shape index (κ2) is 9.11. The molecule has 37 heavy (non-hydrogen) atoms. The number of aromatic nitrogens is 6. The van der Waals surface area contributed by atoms with E-state index in [1.807, 2.05) is 0 Å². The van der Waals surface area contributed by atoms with E-state index in [9.17, 15) is 18.0 Å². The van der Waals surface area contributed by atoms with Crippen LogP contribution < -0.4 is 10.5 Å². The van der Waals surface area contributed by atoms with Crippen LogP contribution in [0.2, 0.25) is 0 Å². The van der Waals surface area contributed by atoms with Gasteiger partial charge in [0.2, 0.25) is 5.91 Å². The molecule has 1 fully saturated rings. The number of nitrogens with zero attached hydrogens (tertiary/aromatic N) is 7. The number of benzene rings is 1. The molecule has 4 heterocycles. The molecule has 1 atom stereocenters. The quantitative estimate of drug-likeness (QED) is 0.315. The Morgan fingerprint density at radius 3 is 2.76 bits per heavy atom.